The summed E-state index contributed by atoms with van der Waals surface area (Å²) in [5, 5.41) is 12.3. The minimum atomic E-state index is -0.112. The largest absolute Gasteiger partial charge is 0.383 e. The Morgan fingerprint density at radius 3 is 2.38 bits per heavy atom. The Balaban J connectivity index is 4.22. The third-order valence-electron chi connectivity index (χ3n) is 2.54. The topological polar surface area (TPSA) is 48.3 Å². The molecule has 0 aliphatic heterocycles. The minimum absolute atomic E-state index is 0.112. The summed E-state index contributed by atoms with van der Waals surface area (Å²) in [6, 6.07) is 2.87. The van der Waals surface area contributed by atoms with Gasteiger partial charge in [-0.15, -0.1) is 0 Å². The highest BCUT2D eigenvalue weighted by Gasteiger charge is 2.17. The molecule has 0 saturated heterocycles. The number of hydrogen-bond donors (Lipinski definition) is 1. The van der Waals surface area contributed by atoms with Crippen LogP contribution in [0.15, 0.2) is 0 Å². The van der Waals surface area contributed by atoms with Crippen molar-refractivity contribution >= 4 is 0 Å². The molecular formula is C12H25N3O. The van der Waals surface area contributed by atoms with Crippen LogP contribution in [0.1, 0.15) is 27.7 Å². The Labute approximate surface area is 99.6 Å². The molecule has 16 heavy (non-hydrogen) atoms. The monoisotopic (exact) mass is 227 g/mol. The van der Waals surface area contributed by atoms with Gasteiger partial charge in [-0.25, -0.2) is 0 Å². The van der Waals surface area contributed by atoms with Crippen LogP contribution in [0.4, 0.5) is 0 Å². The number of nitriles is 1. The molecular weight excluding hydrogens is 202 g/mol. The first kappa shape index (κ1) is 15.4. The molecule has 0 spiro atoms. The molecule has 2 atom stereocenters. The second kappa shape index (κ2) is 8.51. The Morgan fingerprint density at radius 2 is 2.00 bits per heavy atom. The maximum absolute atomic E-state index is 9.06. The third-order valence-corrected chi connectivity index (χ3v) is 2.54. The number of nitrogens with zero attached hydrogens (tertiary/aromatic N) is 2. The van der Waals surface area contributed by atoms with Crippen molar-refractivity contribution in [2.75, 3.05) is 26.8 Å². The van der Waals surface area contributed by atoms with Crippen LogP contribution in [0.5, 0.6) is 0 Å². The van der Waals surface area contributed by atoms with Gasteiger partial charge in [-0.1, -0.05) is 6.92 Å². The van der Waals surface area contributed by atoms with Gasteiger partial charge in [0.05, 0.1) is 12.7 Å². The lowest BCUT2D eigenvalue weighted by molar-refractivity contribution is 0.0988. The van der Waals surface area contributed by atoms with Crippen molar-refractivity contribution in [3.05, 3.63) is 0 Å². The average Bonchev–Trinajstić information content (AvgIpc) is 2.23. The predicted octanol–water partition coefficient (Wildman–Crippen LogP) is 1.23. The molecule has 4 heteroatoms. The first-order valence-electron chi connectivity index (χ1n) is 5.93. The fourth-order valence-corrected chi connectivity index (χ4v) is 1.74. The number of likely N-dealkylation sites (N-methyl/N-ethyl adjacent to an activating group) is 1. The van der Waals surface area contributed by atoms with E-state index in [1.54, 1.807) is 7.11 Å². The van der Waals surface area contributed by atoms with Crippen molar-refractivity contribution < 1.29 is 4.74 Å². The maximum atomic E-state index is 9.06. The SMILES string of the molecule is CCN(CC(C#N)NC(C)C)C(C)COC. The van der Waals surface area contributed by atoms with Crippen molar-refractivity contribution in [1.29, 1.82) is 5.26 Å². The number of rotatable bonds is 8. The molecule has 0 aromatic heterocycles. The van der Waals surface area contributed by atoms with Gasteiger partial charge in [0, 0.05) is 25.7 Å². The van der Waals surface area contributed by atoms with E-state index >= 15 is 0 Å². The van der Waals surface area contributed by atoms with Gasteiger partial charge in [0.25, 0.3) is 0 Å². The van der Waals surface area contributed by atoms with Crippen LogP contribution in [0.2, 0.25) is 0 Å². The number of ether oxygens (including phenoxy) is 1. The molecule has 2 unspecified atom stereocenters. The third kappa shape index (κ3) is 6.06. The Bertz CT molecular complexity index is 213. The van der Waals surface area contributed by atoms with Gasteiger partial charge in [-0.05, 0) is 27.3 Å². The first-order chi connectivity index (χ1) is 7.54. The van der Waals surface area contributed by atoms with Gasteiger partial charge in [0.1, 0.15) is 6.04 Å². The Morgan fingerprint density at radius 1 is 1.38 bits per heavy atom. The summed E-state index contributed by atoms with van der Waals surface area (Å²) in [7, 11) is 1.71. The summed E-state index contributed by atoms with van der Waals surface area (Å²) >= 11 is 0. The standard InChI is InChI=1S/C12H25N3O/c1-6-15(11(4)9-16-5)8-12(7-13)14-10(2)3/h10-12,14H,6,8-9H2,1-5H3. The molecule has 0 bridgehead atoms. The van der Waals surface area contributed by atoms with E-state index in [0.717, 1.165) is 13.1 Å². The number of methoxy groups -OCH3 is 1. The number of nitrogens with one attached hydrogen (secondary N) is 1. The van der Waals surface area contributed by atoms with E-state index in [1.807, 2.05) is 0 Å². The second-order valence-corrected chi connectivity index (χ2v) is 4.39. The molecule has 0 rings (SSSR count). The first-order valence-corrected chi connectivity index (χ1v) is 5.93. The summed E-state index contributed by atoms with van der Waals surface area (Å²) in [5.41, 5.74) is 0. The molecule has 0 heterocycles. The highest BCUT2D eigenvalue weighted by atomic mass is 16.5. The van der Waals surface area contributed by atoms with Crippen LogP contribution in [-0.4, -0.2) is 49.8 Å². The van der Waals surface area contributed by atoms with Crippen molar-refractivity contribution in [2.45, 2.75) is 45.8 Å². The molecule has 0 aromatic rings. The summed E-state index contributed by atoms with van der Waals surface area (Å²) < 4.78 is 5.14. The second-order valence-electron chi connectivity index (χ2n) is 4.39. The maximum Gasteiger partial charge on any atom is 0.108 e. The molecule has 0 aliphatic carbocycles. The number of hydrogen-bond acceptors (Lipinski definition) is 4. The molecule has 0 fully saturated rings. The van der Waals surface area contributed by atoms with Crippen LogP contribution in [-0.2, 0) is 4.74 Å². The van der Waals surface area contributed by atoms with E-state index in [4.69, 9.17) is 10.00 Å². The van der Waals surface area contributed by atoms with Crippen molar-refractivity contribution in [1.82, 2.24) is 10.2 Å². The van der Waals surface area contributed by atoms with Gasteiger partial charge >= 0.3 is 0 Å². The minimum Gasteiger partial charge on any atom is -0.383 e. The zero-order valence-electron chi connectivity index (χ0n) is 11.2. The van der Waals surface area contributed by atoms with Gasteiger partial charge in [0.2, 0.25) is 0 Å². The summed E-state index contributed by atoms with van der Waals surface area (Å²) in [6.45, 7) is 10.7. The van der Waals surface area contributed by atoms with Crippen molar-refractivity contribution in [3.63, 3.8) is 0 Å². The van der Waals surface area contributed by atoms with Crippen LogP contribution >= 0.6 is 0 Å². The molecule has 1 N–H and O–H groups in total. The van der Waals surface area contributed by atoms with Gasteiger partial charge < -0.3 is 4.74 Å². The van der Waals surface area contributed by atoms with Crippen molar-refractivity contribution in [2.24, 2.45) is 0 Å². The Hall–Kier alpha value is -0.630. The smallest absolute Gasteiger partial charge is 0.108 e. The molecule has 0 radical (unpaired) electrons. The lowest BCUT2D eigenvalue weighted by Gasteiger charge is -2.29. The zero-order chi connectivity index (χ0) is 12.6. The molecule has 0 aliphatic rings. The molecule has 0 saturated carbocycles. The highest BCUT2D eigenvalue weighted by molar-refractivity contribution is 4.93. The fraction of sp³-hybridized carbons (Fsp3) is 0.917. The van der Waals surface area contributed by atoms with Gasteiger partial charge in [-0.3, -0.25) is 10.2 Å². The Kier molecular flexibility index (Phi) is 8.18. The van der Waals surface area contributed by atoms with Crippen LogP contribution in [0.25, 0.3) is 0 Å². The quantitative estimate of drug-likeness (QED) is 0.677. The summed E-state index contributed by atoms with van der Waals surface area (Å²) in [4.78, 5) is 2.26. The van der Waals surface area contributed by atoms with Crippen LogP contribution < -0.4 is 5.32 Å². The lowest BCUT2D eigenvalue weighted by Crippen LogP contribution is -2.47. The van der Waals surface area contributed by atoms with E-state index in [2.05, 4.69) is 44.0 Å². The van der Waals surface area contributed by atoms with E-state index in [1.165, 1.54) is 0 Å². The molecule has 0 aromatic carbocycles. The van der Waals surface area contributed by atoms with E-state index in [9.17, 15) is 0 Å². The molecule has 94 valence electrons. The molecule has 4 nitrogen and oxygen atoms in total. The van der Waals surface area contributed by atoms with Gasteiger partial charge in [-0.2, -0.15) is 5.26 Å². The van der Waals surface area contributed by atoms with E-state index in [0.29, 0.717) is 18.7 Å². The normalized spacial score (nSPS) is 15.1. The predicted molar refractivity (Wildman–Crippen MR) is 66.3 cm³/mol. The molecule has 0 amide bonds. The summed E-state index contributed by atoms with van der Waals surface area (Å²) in [5.74, 6) is 0. The van der Waals surface area contributed by atoms with Gasteiger partial charge in [0.15, 0.2) is 0 Å². The highest BCUT2D eigenvalue weighted by Crippen LogP contribution is 2.01. The zero-order valence-corrected chi connectivity index (χ0v) is 11.2. The van der Waals surface area contributed by atoms with Crippen LogP contribution in [0.3, 0.4) is 0 Å². The average molecular weight is 227 g/mol. The van der Waals surface area contributed by atoms with E-state index < -0.39 is 0 Å². The van der Waals surface area contributed by atoms with Crippen LogP contribution in [0, 0.1) is 11.3 Å². The van der Waals surface area contributed by atoms with E-state index in [-0.39, 0.29) is 6.04 Å². The summed E-state index contributed by atoms with van der Waals surface area (Å²) in [6.07, 6.45) is 0. The van der Waals surface area contributed by atoms with Crippen molar-refractivity contribution in [3.8, 4) is 6.07 Å². The fourth-order valence-electron chi connectivity index (χ4n) is 1.74. The lowest BCUT2D eigenvalue weighted by atomic mass is 10.2.